The third-order valence-electron chi connectivity index (χ3n) is 3.38. The molecule has 0 bridgehead atoms. The topological polar surface area (TPSA) is 78.8 Å². The molecule has 0 aromatic heterocycles. The lowest BCUT2D eigenvalue weighted by Crippen LogP contribution is -2.39. The molecule has 0 saturated heterocycles. The van der Waals surface area contributed by atoms with Gasteiger partial charge in [-0.25, -0.2) is 13.8 Å². The van der Waals surface area contributed by atoms with Gasteiger partial charge in [0.1, 0.15) is 6.54 Å². The van der Waals surface area contributed by atoms with Crippen LogP contribution >= 0.6 is 27.5 Å². The van der Waals surface area contributed by atoms with E-state index in [1.54, 1.807) is 19.1 Å². The first-order valence-electron chi connectivity index (χ1n) is 7.48. The number of carbonyl (C=O) groups is 1. The molecule has 2 rings (SSSR count). The minimum absolute atomic E-state index is 0.314. The normalized spacial score (nSPS) is 11.5. The first-order chi connectivity index (χ1) is 12.2. The van der Waals surface area contributed by atoms with Gasteiger partial charge in [-0.3, -0.25) is 9.10 Å². The SMILES string of the molecule is Cc1ccc(N(CC(=O)N/N=C\c2cccc(Br)c2)S(C)(=O)=O)cc1Cl. The Bertz CT molecular complexity index is 948. The summed E-state index contributed by atoms with van der Waals surface area (Å²) in [5.41, 5.74) is 4.23. The molecule has 0 fully saturated rings. The van der Waals surface area contributed by atoms with Crippen molar-refractivity contribution < 1.29 is 13.2 Å². The van der Waals surface area contributed by atoms with Crippen LogP contribution in [-0.4, -0.2) is 33.3 Å². The van der Waals surface area contributed by atoms with Crippen molar-refractivity contribution >= 4 is 55.4 Å². The molecule has 0 radical (unpaired) electrons. The number of nitrogens with zero attached hydrogens (tertiary/aromatic N) is 2. The second kappa shape index (κ2) is 8.66. The Morgan fingerprint density at radius 3 is 2.65 bits per heavy atom. The Hall–Kier alpha value is -1.90. The predicted octanol–water partition coefficient (Wildman–Crippen LogP) is 3.33. The van der Waals surface area contributed by atoms with Crippen molar-refractivity contribution in [1.29, 1.82) is 0 Å². The largest absolute Gasteiger partial charge is 0.271 e. The van der Waals surface area contributed by atoms with E-state index < -0.39 is 22.5 Å². The Balaban J connectivity index is 2.11. The van der Waals surface area contributed by atoms with E-state index in [0.29, 0.717) is 10.7 Å². The molecule has 6 nitrogen and oxygen atoms in total. The van der Waals surface area contributed by atoms with Gasteiger partial charge >= 0.3 is 0 Å². The average molecular weight is 459 g/mol. The smallest absolute Gasteiger partial charge is 0.260 e. The van der Waals surface area contributed by atoms with Gasteiger partial charge in [-0.15, -0.1) is 0 Å². The van der Waals surface area contributed by atoms with Gasteiger partial charge in [0.25, 0.3) is 5.91 Å². The minimum Gasteiger partial charge on any atom is -0.271 e. The molecule has 26 heavy (non-hydrogen) atoms. The molecule has 0 aliphatic rings. The number of halogens is 2. The van der Waals surface area contributed by atoms with E-state index in [4.69, 9.17) is 11.6 Å². The lowest BCUT2D eigenvalue weighted by atomic mass is 10.2. The Kier molecular flexibility index (Phi) is 6.80. The Morgan fingerprint density at radius 2 is 2.04 bits per heavy atom. The van der Waals surface area contributed by atoms with Gasteiger partial charge in [0.15, 0.2) is 0 Å². The molecule has 0 heterocycles. The number of anilines is 1. The maximum atomic E-state index is 12.1. The summed E-state index contributed by atoms with van der Waals surface area (Å²) in [7, 11) is -3.67. The number of nitrogens with one attached hydrogen (secondary N) is 1. The molecule has 9 heteroatoms. The highest BCUT2D eigenvalue weighted by atomic mass is 79.9. The number of amides is 1. The van der Waals surface area contributed by atoms with Gasteiger partial charge in [-0.1, -0.05) is 45.7 Å². The van der Waals surface area contributed by atoms with Gasteiger partial charge in [0.2, 0.25) is 10.0 Å². The van der Waals surface area contributed by atoms with Gasteiger partial charge in [-0.2, -0.15) is 5.10 Å². The third kappa shape index (κ3) is 5.82. The average Bonchev–Trinajstić information content (AvgIpc) is 2.54. The first kappa shape index (κ1) is 20.4. The standard InChI is InChI=1S/C17H17BrClN3O3S/c1-12-6-7-15(9-16(12)19)22(26(2,24)25)11-17(23)21-20-10-13-4-3-5-14(18)8-13/h3-10H,11H2,1-2H3,(H,21,23)/b20-10-. The van der Waals surface area contributed by atoms with Crippen LogP contribution in [0.15, 0.2) is 52.0 Å². The molecule has 1 amide bonds. The minimum atomic E-state index is -3.67. The summed E-state index contributed by atoms with van der Waals surface area (Å²) in [6.07, 6.45) is 2.50. The van der Waals surface area contributed by atoms with Crippen LogP contribution in [0.2, 0.25) is 5.02 Å². The summed E-state index contributed by atoms with van der Waals surface area (Å²) in [6.45, 7) is 1.40. The second-order valence-corrected chi connectivity index (χ2v) is 8.78. The highest BCUT2D eigenvalue weighted by Crippen LogP contribution is 2.24. The highest BCUT2D eigenvalue weighted by molar-refractivity contribution is 9.10. The zero-order valence-electron chi connectivity index (χ0n) is 14.1. The van der Waals surface area contributed by atoms with Gasteiger partial charge < -0.3 is 0 Å². The van der Waals surface area contributed by atoms with Crippen molar-refractivity contribution in [2.75, 3.05) is 17.1 Å². The number of hydrogen-bond donors (Lipinski definition) is 1. The number of hydrazone groups is 1. The summed E-state index contributed by atoms with van der Waals surface area (Å²) in [4.78, 5) is 12.1. The van der Waals surface area contributed by atoms with E-state index in [1.165, 1.54) is 12.3 Å². The Morgan fingerprint density at radius 1 is 1.31 bits per heavy atom. The number of carbonyl (C=O) groups excluding carboxylic acids is 1. The summed E-state index contributed by atoms with van der Waals surface area (Å²) in [5, 5.41) is 4.27. The van der Waals surface area contributed by atoms with Crippen molar-refractivity contribution in [3.05, 3.63) is 63.1 Å². The zero-order valence-corrected chi connectivity index (χ0v) is 17.3. The lowest BCUT2D eigenvalue weighted by Gasteiger charge is -2.21. The first-order valence-corrected chi connectivity index (χ1v) is 10.5. The summed E-state index contributed by atoms with van der Waals surface area (Å²) in [6, 6.07) is 12.1. The predicted molar refractivity (Wildman–Crippen MR) is 108 cm³/mol. The van der Waals surface area contributed by atoms with E-state index in [1.807, 2.05) is 24.3 Å². The van der Waals surface area contributed by atoms with Crippen LogP contribution in [0.1, 0.15) is 11.1 Å². The summed E-state index contributed by atoms with van der Waals surface area (Å²) in [5.74, 6) is -0.571. The molecule has 0 atom stereocenters. The molecular weight excluding hydrogens is 442 g/mol. The van der Waals surface area contributed by atoms with Crippen molar-refractivity contribution in [3.8, 4) is 0 Å². The van der Waals surface area contributed by atoms with Gasteiger partial charge in [-0.05, 0) is 42.3 Å². The number of aryl methyl sites for hydroxylation is 1. The molecule has 2 aromatic rings. The van der Waals surface area contributed by atoms with Crippen molar-refractivity contribution in [1.82, 2.24) is 5.43 Å². The Labute approximate surface area is 166 Å². The molecule has 0 spiro atoms. The van der Waals surface area contributed by atoms with Crippen molar-refractivity contribution in [2.24, 2.45) is 5.10 Å². The number of sulfonamides is 1. The van der Waals surface area contributed by atoms with E-state index >= 15 is 0 Å². The molecular formula is C17H17BrClN3O3S. The second-order valence-electron chi connectivity index (χ2n) is 5.55. The molecule has 2 aromatic carbocycles. The highest BCUT2D eigenvalue weighted by Gasteiger charge is 2.21. The molecule has 138 valence electrons. The fourth-order valence-corrected chi connectivity index (χ4v) is 3.51. The maximum Gasteiger partial charge on any atom is 0.260 e. The fraction of sp³-hybridized carbons (Fsp3) is 0.176. The molecule has 0 aliphatic heterocycles. The number of benzene rings is 2. The quantitative estimate of drug-likeness (QED) is 0.533. The third-order valence-corrected chi connectivity index (χ3v) is 5.42. The van der Waals surface area contributed by atoms with Crippen LogP contribution in [0.4, 0.5) is 5.69 Å². The van der Waals surface area contributed by atoms with E-state index in [2.05, 4.69) is 26.5 Å². The van der Waals surface area contributed by atoms with Crippen molar-refractivity contribution in [3.63, 3.8) is 0 Å². The summed E-state index contributed by atoms with van der Waals surface area (Å²) >= 11 is 9.40. The maximum absolute atomic E-state index is 12.1. The van der Waals surface area contributed by atoms with E-state index in [0.717, 1.165) is 26.2 Å². The monoisotopic (exact) mass is 457 g/mol. The van der Waals surface area contributed by atoms with Crippen LogP contribution in [0.5, 0.6) is 0 Å². The van der Waals surface area contributed by atoms with Crippen LogP contribution in [0, 0.1) is 6.92 Å². The van der Waals surface area contributed by atoms with Crippen molar-refractivity contribution in [2.45, 2.75) is 6.92 Å². The van der Waals surface area contributed by atoms with Crippen LogP contribution in [-0.2, 0) is 14.8 Å². The van der Waals surface area contributed by atoms with Gasteiger partial charge in [0, 0.05) is 9.50 Å². The number of hydrogen-bond acceptors (Lipinski definition) is 4. The molecule has 0 unspecified atom stereocenters. The fourth-order valence-electron chi connectivity index (χ4n) is 2.07. The molecule has 1 N–H and O–H groups in total. The zero-order chi connectivity index (χ0) is 19.3. The summed E-state index contributed by atoms with van der Waals surface area (Å²) < 4.78 is 26.0. The van der Waals surface area contributed by atoms with E-state index in [-0.39, 0.29) is 0 Å². The number of rotatable bonds is 6. The van der Waals surface area contributed by atoms with Crippen LogP contribution < -0.4 is 9.73 Å². The van der Waals surface area contributed by atoms with Crippen LogP contribution in [0.3, 0.4) is 0 Å². The van der Waals surface area contributed by atoms with Gasteiger partial charge in [0.05, 0.1) is 18.2 Å². The lowest BCUT2D eigenvalue weighted by molar-refractivity contribution is -0.119. The molecule has 0 saturated carbocycles. The van der Waals surface area contributed by atoms with Crippen LogP contribution in [0.25, 0.3) is 0 Å². The van der Waals surface area contributed by atoms with E-state index in [9.17, 15) is 13.2 Å². The molecule has 0 aliphatic carbocycles.